The van der Waals surface area contributed by atoms with Gasteiger partial charge in [0.05, 0.1) is 18.7 Å². The van der Waals surface area contributed by atoms with E-state index in [9.17, 15) is 22.8 Å². The Morgan fingerprint density at radius 3 is 2.52 bits per heavy atom. The van der Waals surface area contributed by atoms with E-state index in [0.29, 0.717) is 25.2 Å². The van der Waals surface area contributed by atoms with Gasteiger partial charge in [-0.1, -0.05) is 12.1 Å². The Balaban J connectivity index is 1.87. The lowest BCUT2D eigenvalue weighted by molar-refractivity contribution is -0.138. The van der Waals surface area contributed by atoms with E-state index in [0.717, 1.165) is 12.1 Å². The Bertz CT molecular complexity index is 572. The van der Waals surface area contributed by atoms with Crippen molar-refractivity contribution in [1.82, 2.24) is 15.1 Å². The molecule has 2 amide bonds. The third-order valence-electron chi connectivity index (χ3n) is 3.53. The second kappa shape index (κ2) is 6.99. The molecule has 0 bridgehead atoms. The van der Waals surface area contributed by atoms with Crippen LogP contribution in [0.15, 0.2) is 24.3 Å². The molecule has 5 nitrogen and oxygen atoms in total. The number of halogens is 3. The molecule has 23 heavy (non-hydrogen) atoms. The van der Waals surface area contributed by atoms with Crippen LogP contribution in [-0.4, -0.2) is 54.8 Å². The monoisotopic (exact) mass is 329 g/mol. The summed E-state index contributed by atoms with van der Waals surface area (Å²) in [6.07, 6.45) is -4.35. The van der Waals surface area contributed by atoms with Crippen LogP contribution < -0.4 is 5.32 Å². The molecule has 0 unspecified atom stereocenters. The van der Waals surface area contributed by atoms with Gasteiger partial charge in [0.2, 0.25) is 11.8 Å². The standard InChI is InChI=1S/C15H18F3N3O2/c1-20(10-14(23)21-7-6-19-13(22)9-21)8-11-2-4-12(5-3-11)15(16,17)18/h2-5H,6-10H2,1H3,(H,19,22). The first-order valence-electron chi connectivity index (χ1n) is 7.15. The van der Waals surface area contributed by atoms with Crippen LogP contribution in [0.25, 0.3) is 0 Å². The molecule has 126 valence electrons. The zero-order valence-corrected chi connectivity index (χ0v) is 12.7. The molecule has 0 radical (unpaired) electrons. The average molecular weight is 329 g/mol. The van der Waals surface area contributed by atoms with Crippen molar-refractivity contribution in [2.45, 2.75) is 12.7 Å². The zero-order chi connectivity index (χ0) is 17.0. The van der Waals surface area contributed by atoms with Crippen LogP contribution in [0.4, 0.5) is 13.2 Å². The molecule has 0 atom stereocenters. The molecule has 2 rings (SSSR count). The number of benzene rings is 1. The highest BCUT2D eigenvalue weighted by Crippen LogP contribution is 2.29. The Morgan fingerprint density at radius 2 is 1.96 bits per heavy atom. The van der Waals surface area contributed by atoms with Gasteiger partial charge in [0, 0.05) is 19.6 Å². The van der Waals surface area contributed by atoms with Crippen LogP contribution in [0, 0.1) is 0 Å². The molecule has 1 fully saturated rings. The number of rotatable bonds is 4. The summed E-state index contributed by atoms with van der Waals surface area (Å²) < 4.78 is 37.5. The number of alkyl halides is 3. The first kappa shape index (κ1) is 17.3. The van der Waals surface area contributed by atoms with Crippen molar-refractivity contribution < 1.29 is 22.8 Å². The third kappa shape index (κ3) is 4.95. The van der Waals surface area contributed by atoms with Gasteiger partial charge in [-0.2, -0.15) is 13.2 Å². The third-order valence-corrected chi connectivity index (χ3v) is 3.53. The molecule has 1 aromatic rings. The summed E-state index contributed by atoms with van der Waals surface area (Å²) in [5.41, 5.74) is -0.0102. The molecule has 0 aromatic heterocycles. The van der Waals surface area contributed by atoms with E-state index in [1.54, 1.807) is 11.9 Å². The van der Waals surface area contributed by atoms with E-state index in [-0.39, 0.29) is 24.9 Å². The fraction of sp³-hybridized carbons (Fsp3) is 0.467. The summed E-state index contributed by atoms with van der Waals surface area (Å²) in [6.45, 7) is 1.41. The predicted octanol–water partition coefficient (Wildman–Crippen LogP) is 1.10. The van der Waals surface area contributed by atoms with Gasteiger partial charge < -0.3 is 10.2 Å². The van der Waals surface area contributed by atoms with Crippen LogP contribution in [0.3, 0.4) is 0 Å². The van der Waals surface area contributed by atoms with Crippen molar-refractivity contribution in [1.29, 1.82) is 0 Å². The number of nitrogens with one attached hydrogen (secondary N) is 1. The Hall–Kier alpha value is -2.09. The minimum absolute atomic E-state index is 0.0486. The lowest BCUT2D eigenvalue weighted by Crippen LogP contribution is -2.52. The smallest absolute Gasteiger partial charge is 0.353 e. The van der Waals surface area contributed by atoms with Gasteiger partial charge in [-0.25, -0.2) is 0 Å². The van der Waals surface area contributed by atoms with E-state index < -0.39 is 11.7 Å². The maximum absolute atomic E-state index is 12.5. The van der Waals surface area contributed by atoms with E-state index in [2.05, 4.69) is 5.32 Å². The molecule has 8 heteroatoms. The quantitative estimate of drug-likeness (QED) is 0.900. The minimum atomic E-state index is -4.35. The molecular weight excluding hydrogens is 311 g/mol. The maximum atomic E-state index is 12.5. The van der Waals surface area contributed by atoms with Crippen molar-refractivity contribution >= 4 is 11.8 Å². The number of nitrogens with zero attached hydrogens (tertiary/aromatic N) is 2. The van der Waals surface area contributed by atoms with Crippen molar-refractivity contribution in [3.05, 3.63) is 35.4 Å². The summed E-state index contributed by atoms with van der Waals surface area (Å²) in [6, 6.07) is 4.86. The lowest BCUT2D eigenvalue weighted by Gasteiger charge is -2.28. The van der Waals surface area contributed by atoms with Crippen LogP contribution in [0.5, 0.6) is 0 Å². The SMILES string of the molecule is CN(CC(=O)N1CCNC(=O)C1)Cc1ccc(C(F)(F)F)cc1. The van der Waals surface area contributed by atoms with Crippen molar-refractivity contribution in [3.63, 3.8) is 0 Å². The average Bonchev–Trinajstić information content (AvgIpc) is 2.46. The van der Waals surface area contributed by atoms with Gasteiger partial charge >= 0.3 is 6.18 Å². The van der Waals surface area contributed by atoms with E-state index in [4.69, 9.17) is 0 Å². The molecule has 0 aliphatic carbocycles. The highest BCUT2D eigenvalue weighted by molar-refractivity contribution is 5.86. The highest BCUT2D eigenvalue weighted by atomic mass is 19.4. The topological polar surface area (TPSA) is 52.7 Å². The Kier molecular flexibility index (Phi) is 5.25. The lowest BCUT2D eigenvalue weighted by atomic mass is 10.1. The zero-order valence-electron chi connectivity index (χ0n) is 12.7. The predicted molar refractivity (Wildman–Crippen MR) is 77.4 cm³/mol. The molecule has 1 aromatic carbocycles. The normalized spacial score (nSPS) is 15.7. The fourth-order valence-electron chi connectivity index (χ4n) is 2.35. The molecular formula is C15H18F3N3O2. The number of carbonyl (C=O) groups is 2. The van der Waals surface area contributed by atoms with Crippen LogP contribution in [-0.2, 0) is 22.3 Å². The van der Waals surface area contributed by atoms with Crippen molar-refractivity contribution in [2.24, 2.45) is 0 Å². The number of hydrogen-bond donors (Lipinski definition) is 1. The van der Waals surface area contributed by atoms with Crippen LogP contribution >= 0.6 is 0 Å². The van der Waals surface area contributed by atoms with Gasteiger partial charge in [-0.05, 0) is 24.7 Å². The van der Waals surface area contributed by atoms with E-state index >= 15 is 0 Å². The number of likely N-dealkylation sites (N-methyl/N-ethyl adjacent to an activating group) is 1. The molecule has 0 spiro atoms. The van der Waals surface area contributed by atoms with Gasteiger partial charge in [0.15, 0.2) is 0 Å². The summed E-state index contributed by atoms with van der Waals surface area (Å²) in [7, 11) is 1.71. The Morgan fingerprint density at radius 1 is 1.30 bits per heavy atom. The Labute approximate surface area is 132 Å². The molecule has 1 N–H and O–H groups in total. The van der Waals surface area contributed by atoms with Crippen LogP contribution in [0.2, 0.25) is 0 Å². The first-order valence-corrected chi connectivity index (χ1v) is 7.15. The summed E-state index contributed by atoms with van der Waals surface area (Å²) in [4.78, 5) is 26.5. The molecule has 0 saturated carbocycles. The maximum Gasteiger partial charge on any atom is 0.416 e. The summed E-state index contributed by atoms with van der Waals surface area (Å²) in [5.74, 6) is -0.357. The van der Waals surface area contributed by atoms with Gasteiger partial charge in [-0.3, -0.25) is 14.5 Å². The number of hydrogen-bond acceptors (Lipinski definition) is 3. The van der Waals surface area contributed by atoms with E-state index in [1.807, 2.05) is 0 Å². The largest absolute Gasteiger partial charge is 0.416 e. The molecule has 1 heterocycles. The summed E-state index contributed by atoms with van der Waals surface area (Å²) in [5, 5.41) is 2.64. The van der Waals surface area contributed by atoms with Gasteiger partial charge in [0.1, 0.15) is 0 Å². The van der Waals surface area contributed by atoms with Gasteiger partial charge in [0.25, 0.3) is 0 Å². The molecule has 1 aliphatic heterocycles. The molecule has 1 saturated heterocycles. The van der Waals surface area contributed by atoms with Crippen LogP contribution in [0.1, 0.15) is 11.1 Å². The summed E-state index contributed by atoms with van der Waals surface area (Å²) >= 11 is 0. The van der Waals surface area contributed by atoms with Gasteiger partial charge in [-0.15, -0.1) is 0 Å². The molecule has 1 aliphatic rings. The first-order chi connectivity index (χ1) is 10.8. The second-order valence-electron chi connectivity index (χ2n) is 5.53. The minimum Gasteiger partial charge on any atom is -0.353 e. The number of amides is 2. The fourth-order valence-corrected chi connectivity index (χ4v) is 2.35. The highest BCUT2D eigenvalue weighted by Gasteiger charge is 2.30. The second-order valence-corrected chi connectivity index (χ2v) is 5.53. The van der Waals surface area contributed by atoms with Crippen molar-refractivity contribution in [2.75, 3.05) is 33.2 Å². The number of piperazine rings is 1. The number of carbonyl (C=O) groups excluding carboxylic acids is 2. The van der Waals surface area contributed by atoms with E-state index in [1.165, 1.54) is 17.0 Å². The van der Waals surface area contributed by atoms with Crippen molar-refractivity contribution in [3.8, 4) is 0 Å².